The van der Waals surface area contributed by atoms with Crippen LogP contribution in [-0.2, 0) is 0 Å². The van der Waals surface area contributed by atoms with Crippen LogP contribution in [0.5, 0.6) is 0 Å². The zero-order valence-corrected chi connectivity index (χ0v) is 11.0. The minimum atomic E-state index is -1.42. The first-order valence-electron chi connectivity index (χ1n) is 5.85. The lowest BCUT2D eigenvalue weighted by Gasteiger charge is -2.22. The van der Waals surface area contributed by atoms with Crippen molar-refractivity contribution in [3.63, 3.8) is 0 Å². The molecule has 0 aromatic heterocycles. The lowest BCUT2D eigenvalue weighted by Crippen LogP contribution is -2.25. The van der Waals surface area contributed by atoms with Crippen molar-refractivity contribution in [1.29, 1.82) is 0 Å². The second-order valence-electron chi connectivity index (χ2n) is 4.31. The maximum Gasteiger partial charge on any atom is 0.0989 e. The van der Waals surface area contributed by atoms with Gasteiger partial charge in [-0.15, -0.1) is 0 Å². The van der Waals surface area contributed by atoms with Gasteiger partial charge in [-0.05, 0) is 24.3 Å². The zero-order chi connectivity index (χ0) is 12.1. The quantitative estimate of drug-likeness (QED) is 0.819. The van der Waals surface area contributed by atoms with Crippen molar-refractivity contribution in [3.8, 4) is 0 Å². The van der Waals surface area contributed by atoms with Gasteiger partial charge in [-0.2, -0.15) is 0 Å². The number of rotatable bonds is 4. The Kier molecular flexibility index (Phi) is 3.93. The molecule has 0 fully saturated rings. The number of hydrogen-bond donors (Lipinski definition) is 1. The predicted octanol–water partition coefficient (Wildman–Crippen LogP) is 2.28. The standard InChI is InChI=1S/C15H18OP/c1-17(13-12-16,14-8-4-2-5-9-14)15-10-6-3-7-11-15/h2-11,16H,12-13H2,1H3/q+1. The van der Waals surface area contributed by atoms with Crippen molar-refractivity contribution in [1.82, 2.24) is 0 Å². The molecule has 0 saturated carbocycles. The van der Waals surface area contributed by atoms with Gasteiger partial charge in [0, 0.05) is 0 Å². The number of aliphatic hydroxyl groups excluding tert-OH is 1. The minimum absolute atomic E-state index is 0.244. The Balaban J connectivity index is 2.47. The van der Waals surface area contributed by atoms with Crippen molar-refractivity contribution < 1.29 is 5.11 Å². The van der Waals surface area contributed by atoms with Crippen LogP contribution in [0.25, 0.3) is 0 Å². The van der Waals surface area contributed by atoms with Crippen LogP contribution in [-0.4, -0.2) is 24.5 Å². The van der Waals surface area contributed by atoms with E-state index in [1.165, 1.54) is 10.6 Å². The van der Waals surface area contributed by atoms with Crippen molar-refractivity contribution in [2.75, 3.05) is 19.4 Å². The lowest BCUT2D eigenvalue weighted by molar-refractivity contribution is 0.321. The summed E-state index contributed by atoms with van der Waals surface area (Å²) >= 11 is 0. The molecule has 0 amide bonds. The summed E-state index contributed by atoms with van der Waals surface area (Å²) < 4.78 is 0. The Labute approximate surface area is 103 Å². The number of aliphatic hydroxyl groups is 1. The van der Waals surface area contributed by atoms with Crippen LogP contribution < -0.4 is 10.6 Å². The van der Waals surface area contributed by atoms with Crippen molar-refractivity contribution >= 4 is 17.9 Å². The van der Waals surface area contributed by atoms with E-state index in [-0.39, 0.29) is 6.61 Å². The maximum atomic E-state index is 9.35. The highest BCUT2D eigenvalue weighted by atomic mass is 31.2. The van der Waals surface area contributed by atoms with Gasteiger partial charge >= 0.3 is 0 Å². The van der Waals surface area contributed by atoms with E-state index >= 15 is 0 Å². The Bertz CT molecular complexity index is 413. The van der Waals surface area contributed by atoms with Gasteiger partial charge in [0.25, 0.3) is 0 Å². The molecule has 88 valence electrons. The summed E-state index contributed by atoms with van der Waals surface area (Å²) in [6, 6.07) is 21.1. The van der Waals surface area contributed by atoms with E-state index in [1.807, 2.05) is 12.1 Å². The van der Waals surface area contributed by atoms with Gasteiger partial charge < -0.3 is 5.11 Å². The summed E-state index contributed by atoms with van der Waals surface area (Å²) in [6.07, 6.45) is 0.848. The van der Waals surface area contributed by atoms with Crippen LogP contribution in [0.2, 0.25) is 0 Å². The van der Waals surface area contributed by atoms with E-state index in [2.05, 4.69) is 55.2 Å². The number of benzene rings is 2. The third-order valence-corrected chi connectivity index (χ3v) is 7.17. The molecule has 2 rings (SSSR count). The summed E-state index contributed by atoms with van der Waals surface area (Å²) in [6.45, 7) is 2.54. The second kappa shape index (κ2) is 5.44. The average molecular weight is 245 g/mol. The van der Waals surface area contributed by atoms with E-state index in [4.69, 9.17) is 0 Å². The molecule has 2 heteroatoms. The molecular formula is C15H18OP+. The first kappa shape index (κ1) is 12.3. The van der Waals surface area contributed by atoms with Crippen molar-refractivity contribution in [3.05, 3.63) is 60.7 Å². The fourth-order valence-electron chi connectivity index (χ4n) is 2.12. The molecule has 0 saturated heterocycles. The van der Waals surface area contributed by atoms with Crippen LogP contribution in [0.4, 0.5) is 0 Å². The van der Waals surface area contributed by atoms with Gasteiger partial charge in [-0.25, -0.2) is 0 Å². The topological polar surface area (TPSA) is 20.2 Å². The van der Waals surface area contributed by atoms with Crippen LogP contribution in [0.3, 0.4) is 0 Å². The Morgan fingerprint density at radius 1 is 0.824 bits per heavy atom. The molecule has 0 spiro atoms. The molecule has 1 N–H and O–H groups in total. The molecule has 2 aromatic rings. The fraction of sp³-hybridized carbons (Fsp3) is 0.200. The van der Waals surface area contributed by atoms with Crippen LogP contribution >= 0.6 is 7.26 Å². The van der Waals surface area contributed by atoms with Gasteiger partial charge in [0.15, 0.2) is 0 Å². The Morgan fingerprint density at radius 3 is 1.59 bits per heavy atom. The molecule has 1 nitrogen and oxygen atoms in total. The summed E-state index contributed by atoms with van der Waals surface area (Å²) in [5.41, 5.74) is 0. The average Bonchev–Trinajstić information content (AvgIpc) is 2.41. The summed E-state index contributed by atoms with van der Waals surface area (Å²) in [5.74, 6) is 0. The molecule has 0 aliphatic heterocycles. The number of hydrogen-bond acceptors (Lipinski definition) is 1. The van der Waals surface area contributed by atoms with Crippen LogP contribution in [0.1, 0.15) is 0 Å². The van der Waals surface area contributed by atoms with E-state index in [1.54, 1.807) is 0 Å². The molecule has 0 aliphatic carbocycles. The molecule has 0 aliphatic rings. The molecule has 2 aromatic carbocycles. The third-order valence-electron chi connectivity index (χ3n) is 3.20. The van der Waals surface area contributed by atoms with Crippen molar-refractivity contribution in [2.24, 2.45) is 0 Å². The van der Waals surface area contributed by atoms with Gasteiger partial charge in [0.2, 0.25) is 0 Å². The molecule has 0 radical (unpaired) electrons. The predicted molar refractivity (Wildman–Crippen MR) is 76.9 cm³/mol. The maximum absolute atomic E-state index is 9.35. The van der Waals surface area contributed by atoms with Gasteiger partial charge in [-0.3, -0.25) is 0 Å². The summed E-state index contributed by atoms with van der Waals surface area (Å²) in [5, 5.41) is 12.1. The van der Waals surface area contributed by atoms with Gasteiger partial charge in [0.05, 0.1) is 37.3 Å². The van der Waals surface area contributed by atoms with Gasteiger partial charge in [0.1, 0.15) is 0 Å². The van der Waals surface area contributed by atoms with E-state index in [0.717, 1.165) is 6.16 Å². The molecule has 0 atom stereocenters. The molecule has 0 heterocycles. The van der Waals surface area contributed by atoms with Crippen LogP contribution in [0, 0.1) is 0 Å². The van der Waals surface area contributed by atoms with Crippen molar-refractivity contribution in [2.45, 2.75) is 0 Å². The normalized spacial score (nSPS) is 11.4. The first-order chi connectivity index (χ1) is 8.27. The Morgan fingerprint density at radius 2 is 1.24 bits per heavy atom. The highest BCUT2D eigenvalue weighted by molar-refractivity contribution is 7.88. The third kappa shape index (κ3) is 2.57. The van der Waals surface area contributed by atoms with E-state index in [9.17, 15) is 5.11 Å². The highest BCUT2D eigenvalue weighted by Gasteiger charge is 2.36. The molecular weight excluding hydrogens is 227 g/mol. The minimum Gasteiger partial charge on any atom is -0.393 e. The molecule has 0 bridgehead atoms. The fourth-order valence-corrected chi connectivity index (χ4v) is 5.00. The summed E-state index contributed by atoms with van der Waals surface area (Å²) in [7, 11) is -1.42. The molecule has 17 heavy (non-hydrogen) atoms. The first-order valence-corrected chi connectivity index (χ1v) is 8.27. The largest absolute Gasteiger partial charge is 0.393 e. The van der Waals surface area contributed by atoms with E-state index in [0.29, 0.717) is 0 Å². The van der Waals surface area contributed by atoms with E-state index < -0.39 is 7.26 Å². The Hall–Kier alpha value is -1.17. The second-order valence-corrected chi connectivity index (χ2v) is 8.17. The van der Waals surface area contributed by atoms with Crippen LogP contribution in [0.15, 0.2) is 60.7 Å². The SMILES string of the molecule is C[P+](CCO)(c1ccccc1)c1ccccc1. The smallest absolute Gasteiger partial charge is 0.0989 e. The highest BCUT2D eigenvalue weighted by Crippen LogP contribution is 2.51. The summed E-state index contributed by atoms with van der Waals surface area (Å²) in [4.78, 5) is 0. The lowest BCUT2D eigenvalue weighted by atomic mass is 10.4. The zero-order valence-electron chi connectivity index (χ0n) is 10.1. The monoisotopic (exact) mass is 245 g/mol. The van der Waals surface area contributed by atoms with Gasteiger partial charge in [-0.1, -0.05) is 36.4 Å². The molecule has 0 unspecified atom stereocenters.